The zero-order valence-electron chi connectivity index (χ0n) is 17.9. The number of amides is 2. The van der Waals surface area contributed by atoms with Crippen molar-refractivity contribution in [3.63, 3.8) is 0 Å². The van der Waals surface area contributed by atoms with Gasteiger partial charge in [-0.1, -0.05) is 19.1 Å². The van der Waals surface area contributed by atoms with E-state index in [0.29, 0.717) is 32.1 Å². The van der Waals surface area contributed by atoms with Crippen LogP contribution < -0.4 is 5.32 Å². The fourth-order valence-electron chi connectivity index (χ4n) is 4.31. The Morgan fingerprint density at radius 2 is 1.88 bits per heavy atom. The number of carbonyl (C=O) groups excluding carboxylic acids is 2. The van der Waals surface area contributed by atoms with Gasteiger partial charge in [0.25, 0.3) is 5.91 Å². The van der Waals surface area contributed by atoms with Crippen LogP contribution in [-0.4, -0.2) is 54.3 Å². The molecule has 1 aliphatic carbocycles. The predicted molar refractivity (Wildman–Crippen MR) is 118 cm³/mol. The molecule has 2 aliphatic rings. The summed E-state index contributed by atoms with van der Waals surface area (Å²) in [6, 6.07) is 6.98. The van der Waals surface area contributed by atoms with E-state index in [4.69, 9.17) is 0 Å². The van der Waals surface area contributed by atoms with Gasteiger partial charge in [-0.15, -0.1) is 11.3 Å². The molecule has 5 nitrogen and oxygen atoms in total. The van der Waals surface area contributed by atoms with Gasteiger partial charge in [0.2, 0.25) is 5.91 Å². The Morgan fingerprint density at radius 3 is 2.59 bits per heavy atom. The van der Waals surface area contributed by atoms with E-state index in [2.05, 4.69) is 12.2 Å². The van der Waals surface area contributed by atoms with Crippen LogP contribution in [-0.2, 0) is 23.8 Å². The van der Waals surface area contributed by atoms with Crippen LogP contribution in [0, 0.1) is 5.92 Å². The average molecular weight is 466 g/mol. The molecule has 2 amide bonds. The Labute approximate surface area is 189 Å². The normalized spacial score (nSPS) is 19.5. The monoisotopic (exact) mass is 465 g/mol. The molecule has 2 heterocycles. The summed E-state index contributed by atoms with van der Waals surface area (Å²) in [5.41, 5.74) is 0.193. The zero-order chi connectivity index (χ0) is 22.9. The lowest BCUT2D eigenvalue weighted by Crippen LogP contribution is -2.50. The molecule has 0 spiro atoms. The number of nitrogens with zero attached hydrogens (tertiary/aromatic N) is 2. The van der Waals surface area contributed by atoms with Gasteiger partial charge in [0.05, 0.1) is 22.7 Å². The maximum absolute atomic E-state index is 13.1. The molecule has 1 aliphatic heterocycles. The fourth-order valence-corrected chi connectivity index (χ4v) is 5.48. The van der Waals surface area contributed by atoms with E-state index in [1.807, 2.05) is 11.0 Å². The summed E-state index contributed by atoms with van der Waals surface area (Å²) in [6.07, 6.45) is -1.31. The third-order valence-corrected chi connectivity index (χ3v) is 7.30. The van der Waals surface area contributed by atoms with Crippen molar-refractivity contribution in [1.29, 1.82) is 0 Å². The average Bonchev–Trinajstić information content (AvgIpc) is 3.16. The van der Waals surface area contributed by atoms with Gasteiger partial charge in [-0.25, -0.2) is 0 Å². The van der Waals surface area contributed by atoms with Crippen LogP contribution in [0.3, 0.4) is 0 Å². The minimum atomic E-state index is -4.53. The van der Waals surface area contributed by atoms with Crippen molar-refractivity contribution in [1.82, 2.24) is 9.80 Å². The fraction of sp³-hybridized carbons (Fsp3) is 0.478. The number of alkyl halides is 3. The van der Waals surface area contributed by atoms with Crippen molar-refractivity contribution < 1.29 is 22.8 Å². The van der Waals surface area contributed by atoms with Crippen molar-refractivity contribution in [2.45, 2.75) is 32.4 Å². The Balaban J connectivity index is 1.30. The van der Waals surface area contributed by atoms with Crippen LogP contribution in [0.4, 0.5) is 18.9 Å². The number of nitrogens with one attached hydrogen (secondary N) is 1. The molecule has 1 N–H and O–H groups in total. The molecule has 1 fully saturated rings. The molecule has 1 saturated heterocycles. The van der Waals surface area contributed by atoms with Gasteiger partial charge in [-0.05, 0) is 48.9 Å². The smallest absolute Gasteiger partial charge is 0.335 e. The first-order chi connectivity index (χ1) is 15.2. The van der Waals surface area contributed by atoms with Crippen LogP contribution in [0.5, 0.6) is 0 Å². The number of rotatable bonds is 4. The van der Waals surface area contributed by atoms with E-state index >= 15 is 0 Å². The number of carbonyl (C=O) groups is 2. The van der Waals surface area contributed by atoms with Crippen LogP contribution >= 0.6 is 11.3 Å². The molecule has 1 atom stereocenters. The molecule has 1 unspecified atom stereocenters. The van der Waals surface area contributed by atoms with Crippen molar-refractivity contribution in [3.05, 3.63) is 51.2 Å². The first-order valence-corrected chi connectivity index (χ1v) is 11.6. The summed E-state index contributed by atoms with van der Waals surface area (Å²) in [7, 11) is 0. The lowest BCUT2D eigenvalue weighted by Gasteiger charge is -2.34. The van der Waals surface area contributed by atoms with Crippen LogP contribution in [0.25, 0.3) is 0 Å². The van der Waals surface area contributed by atoms with Gasteiger partial charge in [-0.3, -0.25) is 14.5 Å². The molecular weight excluding hydrogens is 439 g/mol. The lowest BCUT2D eigenvalue weighted by molar-refractivity contribution is -0.137. The van der Waals surface area contributed by atoms with Crippen molar-refractivity contribution in [3.8, 4) is 0 Å². The minimum Gasteiger partial charge on any atom is -0.335 e. The van der Waals surface area contributed by atoms with Crippen LogP contribution in [0.2, 0.25) is 0 Å². The molecular formula is C23H26F3N3O2S. The second-order valence-corrected chi connectivity index (χ2v) is 9.70. The number of hydrogen-bond donors (Lipinski definition) is 1. The molecule has 32 heavy (non-hydrogen) atoms. The topological polar surface area (TPSA) is 52.7 Å². The maximum Gasteiger partial charge on any atom is 0.418 e. The SMILES string of the molecule is CC1CCc2sc(C(=O)N3CCN(CC(=O)Nc4ccccc4C(F)(F)F)CC3)cc2C1. The number of halogens is 3. The van der Waals surface area contributed by atoms with E-state index in [1.54, 1.807) is 16.2 Å². The number of thiophene rings is 1. The quantitative estimate of drug-likeness (QED) is 0.733. The molecule has 0 bridgehead atoms. The van der Waals surface area contributed by atoms with E-state index in [0.717, 1.165) is 30.2 Å². The van der Waals surface area contributed by atoms with Gasteiger partial charge >= 0.3 is 6.18 Å². The van der Waals surface area contributed by atoms with Crippen LogP contribution in [0.1, 0.15) is 39.0 Å². The minimum absolute atomic E-state index is 0.0145. The second kappa shape index (κ2) is 9.23. The van der Waals surface area contributed by atoms with Crippen molar-refractivity contribution >= 4 is 28.8 Å². The summed E-state index contributed by atoms with van der Waals surface area (Å²) >= 11 is 1.59. The summed E-state index contributed by atoms with van der Waals surface area (Å²) < 4.78 is 39.3. The second-order valence-electron chi connectivity index (χ2n) is 8.57. The summed E-state index contributed by atoms with van der Waals surface area (Å²) in [5.74, 6) is 0.180. The standard InChI is InChI=1S/C23H26F3N3O2S/c1-15-6-7-19-16(12-15)13-20(32-19)22(31)29-10-8-28(9-11-29)14-21(30)27-18-5-3-2-4-17(18)23(24,25)26/h2-5,13,15H,6-12,14H2,1H3,(H,27,30). The van der Waals surface area contributed by atoms with Gasteiger partial charge in [-0.2, -0.15) is 13.2 Å². The van der Waals surface area contributed by atoms with E-state index in [9.17, 15) is 22.8 Å². The molecule has 172 valence electrons. The largest absolute Gasteiger partial charge is 0.418 e. The van der Waals surface area contributed by atoms with E-state index < -0.39 is 17.6 Å². The van der Waals surface area contributed by atoms with E-state index in [-0.39, 0.29) is 18.1 Å². The Kier molecular flexibility index (Phi) is 6.57. The summed E-state index contributed by atoms with van der Waals surface area (Å²) in [6.45, 7) is 4.21. The first-order valence-electron chi connectivity index (χ1n) is 10.8. The Bertz CT molecular complexity index is 997. The highest BCUT2D eigenvalue weighted by Gasteiger charge is 2.34. The van der Waals surface area contributed by atoms with Gasteiger partial charge in [0, 0.05) is 31.1 Å². The Morgan fingerprint density at radius 1 is 1.16 bits per heavy atom. The third kappa shape index (κ3) is 5.15. The molecule has 2 aromatic rings. The molecule has 1 aromatic carbocycles. The third-order valence-electron chi connectivity index (χ3n) is 6.07. The zero-order valence-corrected chi connectivity index (χ0v) is 18.7. The first kappa shape index (κ1) is 22.8. The van der Waals surface area contributed by atoms with Crippen molar-refractivity contribution in [2.75, 3.05) is 38.0 Å². The number of piperazine rings is 1. The van der Waals surface area contributed by atoms with Gasteiger partial charge < -0.3 is 10.2 Å². The maximum atomic E-state index is 13.1. The van der Waals surface area contributed by atoms with Gasteiger partial charge in [0.15, 0.2) is 0 Å². The molecule has 9 heteroatoms. The number of benzene rings is 1. The lowest BCUT2D eigenvalue weighted by atomic mass is 9.90. The number of anilines is 1. The highest BCUT2D eigenvalue weighted by Crippen LogP contribution is 2.35. The number of para-hydroxylation sites is 1. The number of fused-ring (bicyclic) bond motifs is 1. The number of aryl methyl sites for hydroxylation is 1. The predicted octanol–water partition coefficient (Wildman–Crippen LogP) is 4.29. The highest BCUT2D eigenvalue weighted by molar-refractivity contribution is 7.14. The van der Waals surface area contributed by atoms with E-state index in [1.165, 1.54) is 28.6 Å². The summed E-state index contributed by atoms with van der Waals surface area (Å²) in [5, 5.41) is 2.38. The molecule has 0 saturated carbocycles. The molecule has 4 rings (SSSR count). The van der Waals surface area contributed by atoms with Crippen molar-refractivity contribution in [2.24, 2.45) is 5.92 Å². The molecule has 0 radical (unpaired) electrons. The summed E-state index contributed by atoms with van der Waals surface area (Å²) in [4.78, 5) is 31.0. The van der Waals surface area contributed by atoms with Crippen LogP contribution in [0.15, 0.2) is 30.3 Å². The highest BCUT2D eigenvalue weighted by atomic mass is 32.1. The Hall–Kier alpha value is -2.39. The molecule has 1 aromatic heterocycles. The number of hydrogen-bond acceptors (Lipinski definition) is 4. The van der Waals surface area contributed by atoms with Gasteiger partial charge in [0.1, 0.15) is 0 Å².